The van der Waals surface area contributed by atoms with Crippen molar-refractivity contribution in [2.24, 2.45) is 5.92 Å². The fourth-order valence-electron chi connectivity index (χ4n) is 1.66. The van der Waals surface area contributed by atoms with Crippen molar-refractivity contribution in [2.75, 3.05) is 40.0 Å². The van der Waals surface area contributed by atoms with E-state index in [4.69, 9.17) is 14.2 Å². The Kier molecular flexibility index (Phi) is 8.83. The average molecular weight is 281 g/mol. The molecule has 0 spiro atoms. The van der Waals surface area contributed by atoms with E-state index in [1.165, 1.54) is 0 Å². The van der Waals surface area contributed by atoms with Crippen LogP contribution in [0.2, 0.25) is 0 Å². The summed E-state index contributed by atoms with van der Waals surface area (Å²) in [6.07, 6.45) is 1.12. The fourth-order valence-corrected chi connectivity index (χ4v) is 1.66. The molecule has 0 saturated carbocycles. The first kappa shape index (κ1) is 16.8. The van der Waals surface area contributed by atoms with E-state index in [0.29, 0.717) is 12.5 Å². The number of rotatable bonds is 11. The van der Waals surface area contributed by atoms with E-state index in [1.807, 2.05) is 24.3 Å². The van der Waals surface area contributed by atoms with Crippen LogP contribution in [0.3, 0.4) is 0 Å². The molecule has 0 aliphatic rings. The molecular formula is C16H27NO3. The summed E-state index contributed by atoms with van der Waals surface area (Å²) in [7, 11) is 1.65. The average Bonchev–Trinajstić information content (AvgIpc) is 2.45. The van der Waals surface area contributed by atoms with Crippen molar-refractivity contribution >= 4 is 0 Å². The Hall–Kier alpha value is -1.26. The van der Waals surface area contributed by atoms with Crippen LogP contribution in [0, 0.1) is 5.92 Å². The van der Waals surface area contributed by atoms with Gasteiger partial charge in [-0.2, -0.15) is 0 Å². The van der Waals surface area contributed by atoms with Gasteiger partial charge in [0.1, 0.15) is 6.61 Å². The highest BCUT2D eigenvalue weighted by molar-refractivity contribution is 5.39. The minimum Gasteiger partial charge on any atom is -0.493 e. The molecule has 0 saturated heterocycles. The van der Waals surface area contributed by atoms with Crippen molar-refractivity contribution in [3.05, 3.63) is 24.3 Å². The van der Waals surface area contributed by atoms with Gasteiger partial charge in [0.2, 0.25) is 0 Å². The van der Waals surface area contributed by atoms with E-state index < -0.39 is 0 Å². The minimum atomic E-state index is 0.617. The predicted molar refractivity (Wildman–Crippen MR) is 81.6 cm³/mol. The normalized spacial score (nSPS) is 10.8. The molecule has 4 nitrogen and oxygen atoms in total. The molecule has 4 heteroatoms. The largest absolute Gasteiger partial charge is 0.493 e. The van der Waals surface area contributed by atoms with Gasteiger partial charge in [-0.25, -0.2) is 0 Å². The van der Waals surface area contributed by atoms with Gasteiger partial charge in [0.05, 0.1) is 13.7 Å². The van der Waals surface area contributed by atoms with Crippen molar-refractivity contribution in [1.29, 1.82) is 0 Å². The first-order chi connectivity index (χ1) is 9.74. The monoisotopic (exact) mass is 281 g/mol. The van der Waals surface area contributed by atoms with Crippen LogP contribution in [0.15, 0.2) is 24.3 Å². The Morgan fingerprint density at radius 2 is 1.70 bits per heavy atom. The molecule has 1 rings (SSSR count). The highest BCUT2D eigenvalue weighted by atomic mass is 16.5. The van der Waals surface area contributed by atoms with Gasteiger partial charge in [-0.15, -0.1) is 0 Å². The topological polar surface area (TPSA) is 39.7 Å². The summed E-state index contributed by atoms with van der Waals surface area (Å²) in [5.41, 5.74) is 0. The maximum absolute atomic E-state index is 5.66. The summed E-state index contributed by atoms with van der Waals surface area (Å²) in [5.74, 6) is 2.26. The first-order valence-electron chi connectivity index (χ1n) is 7.28. The quantitative estimate of drug-likeness (QED) is 0.633. The van der Waals surface area contributed by atoms with Crippen LogP contribution in [0.5, 0.6) is 11.5 Å². The maximum atomic E-state index is 5.66. The third kappa shape index (κ3) is 7.36. The molecule has 1 aromatic rings. The van der Waals surface area contributed by atoms with Gasteiger partial charge in [0, 0.05) is 19.7 Å². The predicted octanol–water partition coefficient (Wildman–Crippen LogP) is 2.73. The zero-order valence-corrected chi connectivity index (χ0v) is 12.9. The number of ether oxygens (including phenoxy) is 3. The molecule has 20 heavy (non-hydrogen) atoms. The zero-order chi connectivity index (χ0) is 14.6. The molecule has 0 bridgehead atoms. The van der Waals surface area contributed by atoms with Gasteiger partial charge in [-0.05, 0) is 24.5 Å². The van der Waals surface area contributed by atoms with Crippen molar-refractivity contribution in [1.82, 2.24) is 5.32 Å². The van der Waals surface area contributed by atoms with E-state index in [2.05, 4.69) is 19.2 Å². The second-order valence-electron chi connectivity index (χ2n) is 5.04. The lowest BCUT2D eigenvalue weighted by molar-refractivity contribution is 0.124. The van der Waals surface area contributed by atoms with Gasteiger partial charge in [0.25, 0.3) is 0 Å². The lowest BCUT2D eigenvalue weighted by Crippen LogP contribution is -2.25. The second-order valence-corrected chi connectivity index (χ2v) is 5.04. The van der Waals surface area contributed by atoms with Crippen LogP contribution in [-0.4, -0.2) is 40.0 Å². The van der Waals surface area contributed by atoms with Gasteiger partial charge in [-0.1, -0.05) is 26.0 Å². The summed E-state index contributed by atoms with van der Waals surface area (Å²) in [6.45, 7) is 8.28. The number of nitrogens with one attached hydrogen (secondary N) is 1. The Bertz CT molecular complexity index is 355. The maximum Gasteiger partial charge on any atom is 0.161 e. The van der Waals surface area contributed by atoms with E-state index in [-0.39, 0.29) is 0 Å². The van der Waals surface area contributed by atoms with E-state index in [0.717, 1.165) is 44.2 Å². The third-order valence-corrected chi connectivity index (χ3v) is 2.87. The Balaban J connectivity index is 1.99. The molecular weight excluding hydrogens is 254 g/mol. The molecule has 1 N–H and O–H groups in total. The van der Waals surface area contributed by atoms with E-state index >= 15 is 0 Å². The first-order valence-corrected chi connectivity index (χ1v) is 7.28. The highest BCUT2D eigenvalue weighted by Crippen LogP contribution is 2.25. The molecule has 0 fully saturated rings. The summed E-state index contributed by atoms with van der Waals surface area (Å²) >= 11 is 0. The minimum absolute atomic E-state index is 0.617. The van der Waals surface area contributed by atoms with Crippen LogP contribution in [0.1, 0.15) is 20.3 Å². The Labute approximate surface area is 122 Å². The van der Waals surface area contributed by atoms with Crippen LogP contribution in [0.25, 0.3) is 0 Å². The molecule has 114 valence electrons. The zero-order valence-electron chi connectivity index (χ0n) is 12.9. The lowest BCUT2D eigenvalue weighted by Gasteiger charge is -2.11. The number of methoxy groups -OCH3 is 1. The van der Waals surface area contributed by atoms with Crippen LogP contribution >= 0.6 is 0 Å². The standard InChI is InChI=1S/C16H27NO3/c1-14(2)8-11-19-12-9-17-10-13-20-16-7-5-4-6-15(16)18-3/h4-7,14,17H,8-13H2,1-3H3. The van der Waals surface area contributed by atoms with Gasteiger partial charge >= 0.3 is 0 Å². The third-order valence-electron chi connectivity index (χ3n) is 2.87. The number of hydrogen-bond donors (Lipinski definition) is 1. The summed E-state index contributed by atoms with van der Waals surface area (Å²) in [4.78, 5) is 0. The summed E-state index contributed by atoms with van der Waals surface area (Å²) in [5, 5.41) is 3.29. The Morgan fingerprint density at radius 3 is 2.40 bits per heavy atom. The SMILES string of the molecule is COc1ccccc1OCCNCCOCCC(C)C. The second kappa shape index (κ2) is 10.5. The molecule has 0 aliphatic heterocycles. The van der Waals surface area contributed by atoms with Crippen LogP contribution < -0.4 is 14.8 Å². The Morgan fingerprint density at radius 1 is 1.00 bits per heavy atom. The molecule has 0 aromatic heterocycles. The highest BCUT2D eigenvalue weighted by Gasteiger charge is 2.01. The van der Waals surface area contributed by atoms with Crippen LogP contribution in [0.4, 0.5) is 0 Å². The number of benzene rings is 1. The van der Waals surface area contributed by atoms with Crippen molar-refractivity contribution in [3.63, 3.8) is 0 Å². The molecule has 0 amide bonds. The van der Waals surface area contributed by atoms with E-state index in [1.54, 1.807) is 7.11 Å². The molecule has 0 unspecified atom stereocenters. The number of para-hydroxylation sites is 2. The summed E-state index contributed by atoms with van der Waals surface area (Å²) in [6, 6.07) is 7.67. The van der Waals surface area contributed by atoms with Crippen molar-refractivity contribution in [2.45, 2.75) is 20.3 Å². The van der Waals surface area contributed by atoms with Gasteiger partial charge < -0.3 is 19.5 Å². The number of hydrogen-bond acceptors (Lipinski definition) is 4. The smallest absolute Gasteiger partial charge is 0.161 e. The summed E-state index contributed by atoms with van der Waals surface area (Å²) < 4.78 is 16.4. The fraction of sp³-hybridized carbons (Fsp3) is 0.625. The molecule has 1 aromatic carbocycles. The van der Waals surface area contributed by atoms with Crippen molar-refractivity contribution < 1.29 is 14.2 Å². The van der Waals surface area contributed by atoms with Gasteiger partial charge in [-0.3, -0.25) is 0 Å². The van der Waals surface area contributed by atoms with Crippen molar-refractivity contribution in [3.8, 4) is 11.5 Å². The van der Waals surface area contributed by atoms with Crippen LogP contribution in [-0.2, 0) is 4.74 Å². The van der Waals surface area contributed by atoms with Gasteiger partial charge in [0.15, 0.2) is 11.5 Å². The van der Waals surface area contributed by atoms with E-state index in [9.17, 15) is 0 Å². The molecule has 0 radical (unpaired) electrons. The molecule has 0 aliphatic carbocycles. The lowest BCUT2D eigenvalue weighted by atomic mass is 10.1. The molecule has 0 heterocycles. The molecule has 0 atom stereocenters.